The number of aromatic hydroxyl groups is 1. The normalized spacial score (nSPS) is 22.4. The van der Waals surface area contributed by atoms with Crippen LogP contribution in [0.2, 0.25) is 0 Å². The molecule has 2 heterocycles. The number of carboxylic acids is 1. The minimum absolute atomic E-state index is 0.107. The fourth-order valence-corrected chi connectivity index (χ4v) is 6.11. The van der Waals surface area contributed by atoms with Crippen LogP contribution >= 0.6 is 0 Å². The first kappa shape index (κ1) is 29.1. The highest BCUT2D eigenvalue weighted by atomic mass is 19.1. The number of ether oxygens (including phenoxy) is 3. The largest absolute Gasteiger partial charge is 0.504 e. The van der Waals surface area contributed by atoms with E-state index in [1.165, 1.54) is 18.2 Å². The lowest BCUT2D eigenvalue weighted by atomic mass is 9.58. The number of aliphatic carboxylic acids is 1. The number of hydrogen-bond donors (Lipinski definition) is 4. The predicted molar refractivity (Wildman–Crippen MR) is 155 cm³/mol. The number of phenolic OH excluding ortho intramolecular Hbond substituents is 1. The van der Waals surface area contributed by atoms with Crippen LogP contribution in [0.5, 0.6) is 34.6 Å². The molecule has 0 unspecified atom stereocenters. The van der Waals surface area contributed by atoms with Crippen molar-refractivity contribution in [3.63, 3.8) is 0 Å². The summed E-state index contributed by atoms with van der Waals surface area (Å²) in [5, 5.41) is 27.5. The van der Waals surface area contributed by atoms with Crippen LogP contribution in [0.1, 0.15) is 49.7 Å². The van der Waals surface area contributed by atoms with E-state index in [9.17, 15) is 19.4 Å². The average Bonchev–Trinajstić information content (AvgIpc) is 3.44. The summed E-state index contributed by atoms with van der Waals surface area (Å²) >= 11 is 0. The van der Waals surface area contributed by atoms with Crippen LogP contribution in [0.3, 0.4) is 0 Å². The molecule has 13 heteroatoms. The second kappa shape index (κ2) is 11.0. The third-order valence-electron chi connectivity index (χ3n) is 8.80. The highest BCUT2D eigenvalue weighted by Gasteiger charge is 2.54. The lowest BCUT2D eigenvalue weighted by molar-refractivity contribution is -0.162. The molecule has 3 aliphatic carbocycles. The molecule has 5 N–H and O–H groups in total. The molecule has 4 aliphatic rings. The van der Waals surface area contributed by atoms with Gasteiger partial charge in [0.05, 0.1) is 23.7 Å². The van der Waals surface area contributed by atoms with E-state index in [1.807, 2.05) is 11.9 Å². The third-order valence-corrected chi connectivity index (χ3v) is 8.80. The summed E-state index contributed by atoms with van der Waals surface area (Å²) < 4.78 is 48.4. The van der Waals surface area contributed by atoms with Gasteiger partial charge in [-0.2, -0.15) is 4.39 Å². The number of carboxylic acid groups (broad SMARTS) is 1. The molecule has 0 spiro atoms. The molecule has 0 atom stereocenters. The van der Waals surface area contributed by atoms with E-state index in [1.54, 1.807) is 18.2 Å². The zero-order valence-electron chi connectivity index (χ0n) is 23.9. The Morgan fingerprint density at radius 3 is 2.41 bits per heavy atom. The molecular formula is C31H31F2N5O6. The second-order valence-corrected chi connectivity index (χ2v) is 11.5. The van der Waals surface area contributed by atoms with Gasteiger partial charge in [0, 0.05) is 19.2 Å². The average molecular weight is 608 g/mol. The van der Waals surface area contributed by atoms with Crippen LogP contribution in [-0.4, -0.2) is 63.5 Å². The minimum atomic E-state index is -1.25. The van der Waals surface area contributed by atoms with Crippen molar-refractivity contribution >= 4 is 17.6 Å². The van der Waals surface area contributed by atoms with Gasteiger partial charge in [-0.05, 0) is 74.9 Å². The molecule has 2 bridgehead atoms. The Morgan fingerprint density at radius 1 is 1.05 bits per heavy atom. The van der Waals surface area contributed by atoms with E-state index in [-0.39, 0.29) is 28.6 Å². The first-order valence-electron chi connectivity index (χ1n) is 14.2. The summed E-state index contributed by atoms with van der Waals surface area (Å²) in [4.78, 5) is 22.0. The Kier molecular flexibility index (Phi) is 7.26. The summed E-state index contributed by atoms with van der Waals surface area (Å²) in [7, 11) is 1.84. The number of fused-ring (bicyclic) bond motifs is 3. The summed E-state index contributed by atoms with van der Waals surface area (Å²) in [6, 6.07) is 8.76. The van der Waals surface area contributed by atoms with Crippen molar-refractivity contribution in [1.29, 1.82) is 5.41 Å². The molecule has 3 aromatic rings. The van der Waals surface area contributed by atoms with E-state index in [0.717, 1.165) is 6.20 Å². The number of nitrogens with zero attached hydrogens (tertiary/aromatic N) is 3. The van der Waals surface area contributed by atoms with Crippen LogP contribution < -0.4 is 19.9 Å². The molecule has 11 nitrogen and oxygen atoms in total. The molecule has 44 heavy (non-hydrogen) atoms. The molecule has 3 fully saturated rings. The van der Waals surface area contributed by atoms with Crippen LogP contribution in [0.4, 0.5) is 8.78 Å². The van der Waals surface area contributed by atoms with Gasteiger partial charge in [0.15, 0.2) is 17.3 Å². The molecule has 0 radical (unpaired) electrons. The summed E-state index contributed by atoms with van der Waals surface area (Å²) in [6.07, 6.45) is 4.24. The van der Waals surface area contributed by atoms with Crippen molar-refractivity contribution in [2.24, 2.45) is 16.1 Å². The third kappa shape index (κ3) is 5.22. The summed E-state index contributed by atoms with van der Waals surface area (Å²) in [5.74, 6) is -4.27. The Hall–Kier alpha value is -4.94. The maximum atomic E-state index is 15.6. The molecular weight excluding hydrogens is 576 g/mol. The van der Waals surface area contributed by atoms with Crippen LogP contribution in [0.25, 0.3) is 0 Å². The van der Waals surface area contributed by atoms with Crippen molar-refractivity contribution < 1.29 is 38.0 Å². The minimum Gasteiger partial charge on any atom is -0.504 e. The fraction of sp³-hybridized carbons (Fsp3) is 0.355. The van der Waals surface area contributed by atoms with E-state index in [2.05, 4.69) is 9.98 Å². The molecule has 1 aliphatic heterocycles. The lowest BCUT2D eigenvalue weighted by Gasteiger charge is -2.50. The Balaban J connectivity index is 1.31. The number of amidine groups is 2. The topological polar surface area (TPSA) is 164 Å². The maximum absolute atomic E-state index is 15.6. The van der Waals surface area contributed by atoms with E-state index < -0.39 is 40.2 Å². The van der Waals surface area contributed by atoms with E-state index >= 15 is 4.39 Å². The highest BCUT2D eigenvalue weighted by Crippen LogP contribution is 2.54. The Labute approximate surface area is 251 Å². The number of benzene rings is 2. The van der Waals surface area contributed by atoms with Gasteiger partial charge in [-0.3, -0.25) is 15.2 Å². The van der Waals surface area contributed by atoms with Crippen molar-refractivity contribution in [1.82, 2.24) is 9.88 Å². The number of likely N-dealkylation sites (N-methyl/N-ethyl adjacent to an activating group) is 1. The van der Waals surface area contributed by atoms with Crippen molar-refractivity contribution in [3.8, 4) is 34.6 Å². The molecule has 230 valence electrons. The van der Waals surface area contributed by atoms with E-state index in [4.69, 9.17) is 25.4 Å². The summed E-state index contributed by atoms with van der Waals surface area (Å²) in [6.45, 7) is 1.16. The first-order valence-corrected chi connectivity index (χ1v) is 14.2. The Bertz CT molecular complexity index is 1670. The van der Waals surface area contributed by atoms with E-state index in [0.29, 0.717) is 68.8 Å². The smallest absolute Gasteiger partial charge is 0.309 e. The lowest BCUT2D eigenvalue weighted by Crippen LogP contribution is -2.52. The number of halogens is 2. The molecule has 1 aromatic heterocycles. The van der Waals surface area contributed by atoms with Gasteiger partial charge >= 0.3 is 5.97 Å². The quantitative estimate of drug-likeness (QED) is 0.189. The number of nitrogens with one attached hydrogen (secondary N) is 1. The fourth-order valence-electron chi connectivity index (χ4n) is 6.11. The number of carbonyl (C=O) groups is 1. The zero-order chi connectivity index (χ0) is 31.2. The van der Waals surface area contributed by atoms with Crippen LogP contribution in [0, 0.1) is 22.5 Å². The van der Waals surface area contributed by atoms with Crippen molar-refractivity contribution in [2.75, 3.05) is 20.1 Å². The number of nitrogen functional groups attached to an aromatic ring is 1. The van der Waals surface area contributed by atoms with Crippen LogP contribution in [0.15, 0.2) is 47.6 Å². The number of phenols is 1. The number of aliphatic imine (C=N–C) groups is 1. The van der Waals surface area contributed by atoms with Gasteiger partial charge in [0.2, 0.25) is 11.6 Å². The number of hydrogen-bond acceptors (Lipinski definition) is 9. The zero-order valence-corrected chi connectivity index (χ0v) is 23.9. The Morgan fingerprint density at radius 2 is 1.77 bits per heavy atom. The molecule has 7 rings (SSSR count). The molecule has 3 saturated carbocycles. The van der Waals surface area contributed by atoms with Gasteiger partial charge in [-0.1, -0.05) is 0 Å². The number of rotatable bonds is 9. The van der Waals surface area contributed by atoms with Gasteiger partial charge in [-0.25, -0.2) is 9.37 Å². The monoisotopic (exact) mass is 607 g/mol. The van der Waals surface area contributed by atoms with Gasteiger partial charge < -0.3 is 35.1 Å². The molecule has 2 aromatic carbocycles. The van der Waals surface area contributed by atoms with Gasteiger partial charge in [0.1, 0.15) is 28.8 Å². The molecule has 0 saturated heterocycles. The van der Waals surface area contributed by atoms with Gasteiger partial charge in [-0.15, -0.1) is 0 Å². The van der Waals surface area contributed by atoms with Crippen molar-refractivity contribution in [3.05, 3.63) is 65.4 Å². The maximum Gasteiger partial charge on any atom is 0.309 e. The first-order chi connectivity index (χ1) is 21.0. The van der Waals surface area contributed by atoms with Gasteiger partial charge in [0.25, 0.3) is 5.88 Å². The number of nitrogens with two attached hydrogens (primary N) is 1. The number of aromatic nitrogens is 1. The second-order valence-electron chi connectivity index (χ2n) is 11.5. The summed E-state index contributed by atoms with van der Waals surface area (Å²) in [5.41, 5.74) is 5.01. The highest BCUT2D eigenvalue weighted by molar-refractivity contribution is 6.02. The van der Waals surface area contributed by atoms with Crippen LogP contribution in [-0.2, 0) is 4.79 Å². The standard InChI is InChI=1S/C31H31F2N5O6/c1-38-13-12-36-27(38)19-15-18(44-31-9-6-30(7-10-31,8-11-31)29(40)41)3-5-22(19)42-25-20(32)16-37-28(24(25)33)43-23-14-17(26(34)35)2-4-21(23)39/h2-5,14-16,39H,6-13H2,1H3,(H3,34,35)(H,40,41). The molecule has 0 amide bonds. The predicted octanol–water partition coefficient (Wildman–Crippen LogP) is 5.18. The number of pyridine rings is 1. The van der Waals surface area contributed by atoms with Crippen molar-refractivity contribution in [2.45, 2.75) is 44.1 Å². The SMILES string of the molecule is CN1CCN=C1c1cc(OC23CCC(C(=O)O)(CC2)CC3)ccc1Oc1c(F)cnc(Oc2cc(C(=N)N)ccc2O)c1F.